The summed E-state index contributed by atoms with van der Waals surface area (Å²) in [5.41, 5.74) is 1.56. The molecule has 1 heterocycles. The van der Waals surface area contributed by atoms with E-state index in [0.29, 0.717) is 11.6 Å². The summed E-state index contributed by atoms with van der Waals surface area (Å²) >= 11 is 0. The Labute approximate surface area is 127 Å². The molecule has 0 bridgehead atoms. The van der Waals surface area contributed by atoms with E-state index in [0.717, 1.165) is 31.0 Å². The van der Waals surface area contributed by atoms with Gasteiger partial charge in [-0.2, -0.15) is 0 Å². The van der Waals surface area contributed by atoms with Gasteiger partial charge in [0.25, 0.3) is 5.91 Å². The molecule has 0 atom stereocenters. The van der Waals surface area contributed by atoms with Crippen LogP contribution in [-0.4, -0.2) is 35.4 Å². The Morgan fingerprint density at radius 1 is 1.33 bits per heavy atom. The Balaban J connectivity index is 2.06. The van der Waals surface area contributed by atoms with E-state index < -0.39 is 0 Å². The van der Waals surface area contributed by atoms with Crippen LogP contribution >= 0.6 is 0 Å². The first-order valence-electron chi connectivity index (χ1n) is 8.12. The monoisotopic (exact) mass is 289 g/mol. The molecule has 0 unspecified atom stereocenters. The molecule has 1 aromatic heterocycles. The lowest BCUT2D eigenvalue weighted by molar-refractivity contribution is 0.0675. The zero-order valence-electron chi connectivity index (χ0n) is 13.4. The van der Waals surface area contributed by atoms with E-state index in [2.05, 4.69) is 17.2 Å². The summed E-state index contributed by atoms with van der Waals surface area (Å²) in [6.07, 6.45) is 9.39. The van der Waals surface area contributed by atoms with E-state index in [9.17, 15) is 4.79 Å². The van der Waals surface area contributed by atoms with E-state index in [1.807, 2.05) is 24.9 Å². The number of amides is 1. The molecule has 2 rings (SSSR count). The topological polar surface area (TPSA) is 45.2 Å². The highest BCUT2D eigenvalue weighted by molar-refractivity contribution is 5.99. The lowest BCUT2D eigenvalue weighted by Crippen LogP contribution is -2.39. The number of pyridine rings is 1. The second-order valence-corrected chi connectivity index (χ2v) is 5.95. The van der Waals surface area contributed by atoms with Gasteiger partial charge in [0.2, 0.25) is 0 Å². The van der Waals surface area contributed by atoms with Crippen molar-refractivity contribution in [1.82, 2.24) is 9.88 Å². The minimum atomic E-state index is 0.0824. The lowest BCUT2D eigenvalue weighted by Gasteiger charge is -2.34. The minimum absolute atomic E-state index is 0.0824. The van der Waals surface area contributed by atoms with Crippen LogP contribution in [0.5, 0.6) is 0 Å². The number of hydrogen-bond donors (Lipinski definition) is 1. The van der Waals surface area contributed by atoms with Crippen molar-refractivity contribution in [3.8, 4) is 0 Å². The average molecular weight is 289 g/mol. The Kier molecular flexibility index (Phi) is 5.59. The Bertz CT molecular complexity index is 467. The molecule has 0 radical (unpaired) electrons. The quantitative estimate of drug-likeness (QED) is 0.901. The van der Waals surface area contributed by atoms with Gasteiger partial charge < -0.3 is 10.2 Å². The molecular weight excluding hydrogens is 262 g/mol. The Morgan fingerprint density at radius 2 is 2.05 bits per heavy atom. The molecule has 4 heteroatoms. The largest absolute Gasteiger partial charge is 0.385 e. The highest BCUT2D eigenvalue weighted by Crippen LogP contribution is 2.30. The third-order valence-electron chi connectivity index (χ3n) is 4.68. The van der Waals surface area contributed by atoms with Gasteiger partial charge in [-0.25, -0.2) is 0 Å². The number of anilines is 1. The van der Waals surface area contributed by atoms with Crippen molar-refractivity contribution in [1.29, 1.82) is 0 Å². The molecule has 1 fully saturated rings. The number of carbonyl (C=O) groups excluding carboxylic acids is 1. The third kappa shape index (κ3) is 3.74. The summed E-state index contributed by atoms with van der Waals surface area (Å²) < 4.78 is 0. The molecule has 1 aliphatic rings. The second-order valence-electron chi connectivity index (χ2n) is 5.95. The summed E-state index contributed by atoms with van der Waals surface area (Å²) in [6, 6.07) is 2.24. The van der Waals surface area contributed by atoms with Gasteiger partial charge in [0.15, 0.2) is 0 Å². The predicted octanol–water partition coefficient (Wildman–Crippen LogP) is 3.55. The van der Waals surface area contributed by atoms with Crippen LogP contribution in [0.1, 0.15) is 56.3 Å². The number of aromatic nitrogens is 1. The van der Waals surface area contributed by atoms with Crippen LogP contribution in [0, 0.1) is 5.92 Å². The molecule has 116 valence electrons. The fraction of sp³-hybridized carbons (Fsp3) is 0.647. The summed E-state index contributed by atoms with van der Waals surface area (Å²) in [4.78, 5) is 18.8. The first-order valence-corrected chi connectivity index (χ1v) is 8.12. The van der Waals surface area contributed by atoms with Crippen molar-refractivity contribution >= 4 is 11.6 Å². The van der Waals surface area contributed by atoms with Crippen LogP contribution < -0.4 is 5.32 Å². The molecule has 1 aliphatic carbocycles. The number of carbonyl (C=O) groups is 1. The van der Waals surface area contributed by atoms with E-state index in [-0.39, 0.29) is 5.91 Å². The van der Waals surface area contributed by atoms with Crippen LogP contribution in [-0.2, 0) is 0 Å². The first-order chi connectivity index (χ1) is 10.2. The second kappa shape index (κ2) is 7.43. The molecule has 1 aromatic rings. The van der Waals surface area contributed by atoms with Gasteiger partial charge in [-0.15, -0.1) is 0 Å². The highest BCUT2D eigenvalue weighted by atomic mass is 16.2. The normalized spacial score (nSPS) is 21.9. The smallest absolute Gasteiger partial charge is 0.257 e. The van der Waals surface area contributed by atoms with Gasteiger partial charge in [-0.05, 0) is 44.6 Å². The maximum absolute atomic E-state index is 12.7. The molecule has 0 aliphatic heterocycles. The van der Waals surface area contributed by atoms with Crippen LogP contribution in [0.2, 0.25) is 0 Å². The fourth-order valence-corrected chi connectivity index (χ4v) is 3.21. The molecule has 0 saturated heterocycles. The molecule has 0 aromatic carbocycles. The van der Waals surface area contributed by atoms with Crippen LogP contribution in [0.25, 0.3) is 0 Å². The minimum Gasteiger partial charge on any atom is -0.385 e. The molecule has 1 saturated carbocycles. The highest BCUT2D eigenvalue weighted by Gasteiger charge is 2.27. The summed E-state index contributed by atoms with van der Waals surface area (Å²) in [5, 5.41) is 3.24. The van der Waals surface area contributed by atoms with E-state index in [1.165, 1.54) is 19.3 Å². The van der Waals surface area contributed by atoms with Crippen molar-refractivity contribution in [3.05, 3.63) is 24.0 Å². The fourth-order valence-electron chi connectivity index (χ4n) is 3.21. The number of nitrogens with one attached hydrogen (secondary N) is 1. The summed E-state index contributed by atoms with van der Waals surface area (Å²) in [7, 11) is 1.93. The number of hydrogen-bond acceptors (Lipinski definition) is 3. The average Bonchev–Trinajstić information content (AvgIpc) is 2.54. The molecular formula is C17H27N3O. The summed E-state index contributed by atoms with van der Waals surface area (Å²) in [5.74, 6) is 0.930. The van der Waals surface area contributed by atoms with Gasteiger partial charge in [-0.1, -0.05) is 13.3 Å². The Morgan fingerprint density at radius 3 is 2.67 bits per heavy atom. The molecule has 1 amide bonds. The SMILES string of the molecule is CCNc1ccncc1C(=O)N(C)C1CCC(CC)CC1. The standard InChI is InChI=1S/C17H27N3O/c1-4-13-6-8-14(9-7-13)20(3)17(21)15-12-18-11-10-16(15)19-5-2/h10-14H,4-9H2,1-3H3,(H,18,19). The molecule has 21 heavy (non-hydrogen) atoms. The Hall–Kier alpha value is -1.58. The van der Waals surface area contributed by atoms with Crippen molar-refractivity contribution in [2.75, 3.05) is 18.9 Å². The van der Waals surface area contributed by atoms with Crippen molar-refractivity contribution in [2.24, 2.45) is 5.92 Å². The van der Waals surface area contributed by atoms with E-state index >= 15 is 0 Å². The number of rotatable bonds is 5. The lowest BCUT2D eigenvalue weighted by atomic mass is 9.84. The van der Waals surface area contributed by atoms with Gasteiger partial charge in [-0.3, -0.25) is 9.78 Å². The van der Waals surface area contributed by atoms with E-state index in [4.69, 9.17) is 0 Å². The number of nitrogens with zero attached hydrogens (tertiary/aromatic N) is 2. The van der Waals surface area contributed by atoms with Crippen molar-refractivity contribution in [2.45, 2.75) is 52.0 Å². The third-order valence-corrected chi connectivity index (χ3v) is 4.68. The summed E-state index contributed by atoms with van der Waals surface area (Å²) in [6.45, 7) is 5.10. The van der Waals surface area contributed by atoms with Gasteiger partial charge >= 0.3 is 0 Å². The van der Waals surface area contributed by atoms with Crippen molar-refractivity contribution in [3.63, 3.8) is 0 Å². The zero-order chi connectivity index (χ0) is 15.2. The van der Waals surface area contributed by atoms with Gasteiger partial charge in [0.1, 0.15) is 0 Å². The van der Waals surface area contributed by atoms with Crippen LogP contribution in [0.3, 0.4) is 0 Å². The van der Waals surface area contributed by atoms with Crippen molar-refractivity contribution < 1.29 is 4.79 Å². The van der Waals surface area contributed by atoms with Gasteiger partial charge in [0, 0.05) is 32.0 Å². The first kappa shape index (κ1) is 15.8. The maximum Gasteiger partial charge on any atom is 0.257 e. The zero-order valence-corrected chi connectivity index (χ0v) is 13.4. The van der Waals surface area contributed by atoms with Gasteiger partial charge in [0.05, 0.1) is 11.3 Å². The maximum atomic E-state index is 12.7. The predicted molar refractivity (Wildman–Crippen MR) is 86.5 cm³/mol. The molecule has 1 N–H and O–H groups in total. The molecule has 0 spiro atoms. The van der Waals surface area contributed by atoms with Crippen LogP contribution in [0.15, 0.2) is 18.5 Å². The van der Waals surface area contributed by atoms with Crippen LogP contribution in [0.4, 0.5) is 5.69 Å². The van der Waals surface area contributed by atoms with E-state index in [1.54, 1.807) is 12.4 Å². The molecule has 4 nitrogen and oxygen atoms in total.